The Labute approximate surface area is 246 Å². The molecule has 2 aliphatic heterocycles. The minimum Gasteiger partial charge on any atom is -0.756 e. The van der Waals surface area contributed by atoms with E-state index in [1.807, 2.05) is 0 Å². The third-order valence-electron chi connectivity index (χ3n) is 6.73. The number of aliphatic hydroxyl groups is 4. The van der Waals surface area contributed by atoms with Gasteiger partial charge in [-0.15, -0.1) is 0 Å². The van der Waals surface area contributed by atoms with Gasteiger partial charge in [0.25, 0.3) is 20.0 Å². The van der Waals surface area contributed by atoms with Crippen LogP contribution >= 0.6 is 15.6 Å². The van der Waals surface area contributed by atoms with Crippen LogP contribution in [0.25, 0.3) is 11.2 Å². The number of aliphatic hydroxyl groups excluding tert-OH is 4. The van der Waals surface area contributed by atoms with E-state index in [-0.39, 0.29) is 22.5 Å². The number of hydrogen-bond acceptors (Lipinski definition) is 17. The van der Waals surface area contributed by atoms with Crippen molar-refractivity contribution in [3.63, 3.8) is 0 Å². The molecule has 23 heteroatoms. The number of pyridine rings is 1. The lowest BCUT2D eigenvalue weighted by Crippen LogP contribution is -2.46. The molecule has 2 fully saturated rings. The van der Waals surface area contributed by atoms with Gasteiger partial charge in [0.1, 0.15) is 47.9 Å². The van der Waals surface area contributed by atoms with E-state index in [1.54, 1.807) is 0 Å². The number of anilines is 1. The van der Waals surface area contributed by atoms with Crippen LogP contribution in [0.4, 0.5) is 5.82 Å². The van der Waals surface area contributed by atoms with Gasteiger partial charge in [-0.25, -0.2) is 23.8 Å². The van der Waals surface area contributed by atoms with Crippen molar-refractivity contribution in [3.05, 3.63) is 42.7 Å². The van der Waals surface area contributed by atoms with Gasteiger partial charge in [-0.3, -0.25) is 23.0 Å². The second-order valence-electron chi connectivity index (χ2n) is 9.67. The normalized spacial score (nSPS) is 31.6. The number of nitrogen functional groups attached to an aromatic ring is 1. The Kier molecular flexibility index (Phi) is 9.13. The molecule has 10 atom stereocenters. The molecule has 21 nitrogen and oxygen atoms in total. The molecule has 0 radical (unpaired) electrons. The predicted octanol–water partition coefficient (Wildman–Crippen LogP) is -3.65. The lowest BCUT2D eigenvalue weighted by atomic mass is 10.1. The molecular weight excluding hydrogens is 636 g/mol. The topological polar surface area (TPSA) is 321 Å². The minimum atomic E-state index is -5.78. The highest BCUT2D eigenvalue weighted by atomic mass is 31.3. The predicted molar refractivity (Wildman–Crippen MR) is 137 cm³/mol. The summed E-state index contributed by atoms with van der Waals surface area (Å²) in [4.78, 5) is 44.0. The van der Waals surface area contributed by atoms with Gasteiger partial charge in [0.2, 0.25) is 0 Å². The summed E-state index contributed by atoms with van der Waals surface area (Å²) in [5, 5.41) is 42.1. The molecule has 0 aliphatic carbocycles. The fourth-order valence-electron chi connectivity index (χ4n) is 4.60. The number of nitrogens with zero attached hydrogens (tertiary/aromatic N) is 5. The SMILES string of the molecule is NC(=O)c1ccc[n+](C2OC(COP(=O)(OCC3OC(n4cnc5c(N)ncnc54)C(O)C3O)OP(=O)([O-])O)C(O)C2O)c1. The fourth-order valence-corrected chi connectivity index (χ4v) is 6.72. The molecule has 0 spiro atoms. The van der Waals surface area contributed by atoms with Crippen molar-refractivity contribution in [2.75, 3.05) is 18.9 Å². The average Bonchev–Trinajstić information content (AvgIpc) is 3.60. The molecule has 3 aromatic rings. The number of primary amides is 1. The number of fused-ring (bicyclic) bond motifs is 1. The first-order chi connectivity index (χ1) is 20.7. The molecule has 240 valence electrons. The second-order valence-corrected chi connectivity index (χ2v) is 12.7. The number of amides is 1. The van der Waals surface area contributed by atoms with Crippen LogP contribution < -0.4 is 20.9 Å². The lowest BCUT2D eigenvalue weighted by molar-refractivity contribution is -0.765. The van der Waals surface area contributed by atoms with Crippen LogP contribution in [0.15, 0.2) is 37.2 Å². The number of aromatic nitrogens is 5. The molecule has 1 amide bonds. The number of hydrogen-bond donors (Lipinski definition) is 7. The highest BCUT2D eigenvalue weighted by Crippen LogP contribution is 2.60. The van der Waals surface area contributed by atoms with Gasteiger partial charge >= 0.3 is 7.82 Å². The number of imidazole rings is 1. The Morgan fingerprint density at radius 2 is 1.70 bits per heavy atom. The van der Waals surface area contributed by atoms with Crippen molar-refractivity contribution in [2.45, 2.75) is 49.1 Å². The third-order valence-corrected chi connectivity index (χ3v) is 9.29. The van der Waals surface area contributed by atoms with E-state index in [1.165, 1.54) is 40.0 Å². The molecule has 10 unspecified atom stereocenters. The van der Waals surface area contributed by atoms with Crippen LogP contribution in [0, 0.1) is 0 Å². The summed E-state index contributed by atoms with van der Waals surface area (Å²) in [5.74, 6) is -0.739. The Hall–Kier alpha value is -3.01. The first kappa shape index (κ1) is 32.4. The number of ether oxygens (including phenoxy) is 2. The van der Waals surface area contributed by atoms with E-state index in [4.69, 9.17) is 30.0 Å². The van der Waals surface area contributed by atoms with Crippen LogP contribution in [-0.2, 0) is 32.0 Å². The lowest BCUT2D eigenvalue weighted by Gasteiger charge is -2.25. The quantitative estimate of drug-likeness (QED) is 0.0768. The summed E-state index contributed by atoms with van der Waals surface area (Å²) in [6, 6.07) is 2.82. The number of phosphoric acid groups is 2. The van der Waals surface area contributed by atoms with Crippen LogP contribution in [0.2, 0.25) is 0 Å². The van der Waals surface area contributed by atoms with Gasteiger partial charge in [0, 0.05) is 6.07 Å². The van der Waals surface area contributed by atoms with E-state index < -0.39 is 83.8 Å². The molecule has 9 N–H and O–H groups in total. The van der Waals surface area contributed by atoms with Crippen molar-refractivity contribution in [2.24, 2.45) is 5.73 Å². The maximum Gasteiger partial charge on any atom is 0.481 e. The summed E-state index contributed by atoms with van der Waals surface area (Å²) >= 11 is 0. The summed E-state index contributed by atoms with van der Waals surface area (Å²) in [5.41, 5.74) is 11.4. The number of carbonyl (C=O) groups excluding carboxylic acids is 1. The number of carbonyl (C=O) groups is 1. The maximum absolute atomic E-state index is 13.2. The summed E-state index contributed by atoms with van der Waals surface area (Å²) < 4.78 is 52.5. The fraction of sp³-hybridized carbons (Fsp3) is 0.476. The minimum absolute atomic E-state index is 0.0379. The van der Waals surface area contributed by atoms with Gasteiger partial charge in [-0.1, -0.05) is 0 Å². The van der Waals surface area contributed by atoms with Crippen LogP contribution in [-0.4, -0.2) is 101 Å². The highest BCUT2D eigenvalue weighted by Gasteiger charge is 2.50. The van der Waals surface area contributed by atoms with Crippen LogP contribution in [0.3, 0.4) is 0 Å². The molecule has 5 heterocycles. The van der Waals surface area contributed by atoms with Crippen LogP contribution in [0.5, 0.6) is 0 Å². The van der Waals surface area contributed by atoms with E-state index in [9.17, 15) is 44.1 Å². The second kappa shape index (κ2) is 12.4. The molecule has 0 bridgehead atoms. The molecule has 3 aromatic heterocycles. The Morgan fingerprint density at radius 3 is 2.36 bits per heavy atom. The molecule has 5 rings (SSSR count). The zero-order valence-electron chi connectivity index (χ0n) is 22.2. The van der Waals surface area contributed by atoms with E-state index in [2.05, 4.69) is 19.3 Å². The molecule has 0 aromatic carbocycles. The average molecular weight is 663 g/mol. The first-order valence-corrected chi connectivity index (χ1v) is 15.5. The monoisotopic (exact) mass is 663 g/mol. The summed E-state index contributed by atoms with van der Waals surface area (Å²) in [6.07, 6.45) is -7.15. The zero-order chi connectivity index (χ0) is 32.0. The largest absolute Gasteiger partial charge is 0.756 e. The Morgan fingerprint density at radius 1 is 1.05 bits per heavy atom. The van der Waals surface area contributed by atoms with E-state index in [0.717, 1.165) is 6.33 Å². The Bertz CT molecular complexity index is 1620. The summed E-state index contributed by atoms with van der Waals surface area (Å²) in [7, 11) is -11.0. The molecular formula is C21H27N7O14P2. The van der Waals surface area contributed by atoms with Crippen molar-refractivity contribution in [3.8, 4) is 0 Å². The number of nitrogens with two attached hydrogens (primary N) is 2. The van der Waals surface area contributed by atoms with Gasteiger partial charge in [0.05, 0.1) is 19.5 Å². The maximum atomic E-state index is 13.2. The van der Waals surface area contributed by atoms with Gasteiger partial charge in [0.15, 0.2) is 36.2 Å². The zero-order valence-corrected chi connectivity index (χ0v) is 24.0. The third kappa shape index (κ3) is 6.65. The van der Waals surface area contributed by atoms with Gasteiger partial charge in [-0.2, -0.15) is 4.57 Å². The van der Waals surface area contributed by atoms with Crippen molar-refractivity contribution in [1.29, 1.82) is 0 Å². The number of phosphoric ester groups is 1. The smallest absolute Gasteiger partial charge is 0.481 e. The Balaban J connectivity index is 1.27. The highest BCUT2D eigenvalue weighted by molar-refractivity contribution is 7.60. The molecule has 0 saturated carbocycles. The van der Waals surface area contributed by atoms with Gasteiger partial charge in [-0.05, 0) is 6.07 Å². The van der Waals surface area contributed by atoms with Crippen molar-refractivity contribution in [1.82, 2.24) is 19.5 Å². The van der Waals surface area contributed by atoms with Crippen LogP contribution in [0.1, 0.15) is 22.8 Å². The standard InChI is InChI=1S/C21H27N7O14P2/c22-17-12-19(25-7-24-17)28(8-26-12)21-16(32)14(30)11(41-21)6-39-44(37,42-43(34,35)36)38-5-10-13(29)15(31)20(40-10)27-3-1-2-9(4-27)18(23)33/h1-4,7-8,10-11,13-16,20-21,29-32H,5-6H2,(H5-,22,23,24,25,33,34,35,36). The van der Waals surface area contributed by atoms with Crippen molar-refractivity contribution >= 4 is 38.5 Å². The van der Waals surface area contributed by atoms with Crippen molar-refractivity contribution < 1.29 is 71.5 Å². The van der Waals surface area contributed by atoms with E-state index >= 15 is 0 Å². The molecule has 2 aliphatic rings. The first-order valence-electron chi connectivity index (χ1n) is 12.6. The molecule has 2 saturated heterocycles. The van der Waals surface area contributed by atoms with E-state index in [0.29, 0.717) is 0 Å². The number of rotatable bonds is 11. The summed E-state index contributed by atoms with van der Waals surface area (Å²) in [6.45, 7) is -1.82. The van der Waals surface area contributed by atoms with Gasteiger partial charge < -0.3 is 51.2 Å². The molecule has 44 heavy (non-hydrogen) atoms.